The van der Waals surface area contributed by atoms with Gasteiger partial charge in [0.15, 0.2) is 0 Å². The summed E-state index contributed by atoms with van der Waals surface area (Å²) in [6.07, 6.45) is 0.215. The molecule has 15 heavy (non-hydrogen) atoms. The fourth-order valence-electron chi connectivity index (χ4n) is 1.09. The van der Waals surface area contributed by atoms with Gasteiger partial charge in [0, 0.05) is 6.54 Å². The van der Waals surface area contributed by atoms with Gasteiger partial charge in [0.25, 0.3) is 0 Å². The van der Waals surface area contributed by atoms with Crippen molar-refractivity contribution in [1.29, 1.82) is 0 Å². The zero-order valence-corrected chi connectivity index (χ0v) is 8.42. The summed E-state index contributed by atoms with van der Waals surface area (Å²) in [5.74, 6) is -0.796. The molecule has 0 aliphatic rings. The van der Waals surface area contributed by atoms with Crippen molar-refractivity contribution in [3.63, 3.8) is 0 Å². The normalized spacial score (nSPS) is 9.73. The lowest BCUT2D eigenvalue weighted by Crippen LogP contribution is -2.11. The first kappa shape index (κ1) is 11.3. The maximum Gasteiger partial charge on any atom is 0.307 e. The standard InChI is InChI=1S/C10H13FN2O2/c1-15-9(14)5-6-13-8-4-2-3-7(11)10(8)12/h2-4,13H,5-6,12H2,1H3. The zero-order valence-electron chi connectivity index (χ0n) is 8.42. The van der Waals surface area contributed by atoms with Crippen LogP contribution in [0.5, 0.6) is 0 Å². The molecule has 1 aromatic rings. The number of anilines is 2. The molecule has 0 atom stereocenters. The highest BCUT2D eigenvalue weighted by Crippen LogP contribution is 2.20. The van der Waals surface area contributed by atoms with Gasteiger partial charge in [-0.3, -0.25) is 4.79 Å². The molecule has 0 saturated carbocycles. The van der Waals surface area contributed by atoms with Crippen molar-refractivity contribution in [3.05, 3.63) is 24.0 Å². The molecule has 0 spiro atoms. The van der Waals surface area contributed by atoms with Crippen molar-refractivity contribution < 1.29 is 13.9 Å². The molecule has 4 nitrogen and oxygen atoms in total. The van der Waals surface area contributed by atoms with Crippen LogP contribution in [0.1, 0.15) is 6.42 Å². The van der Waals surface area contributed by atoms with E-state index in [9.17, 15) is 9.18 Å². The van der Waals surface area contributed by atoms with Crippen molar-refractivity contribution in [2.24, 2.45) is 0 Å². The van der Waals surface area contributed by atoms with Crippen molar-refractivity contribution in [2.75, 3.05) is 24.7 Å². The predicted molar refractivity (Wildman–Crippen MR) is 55.9 cm³/mol. The van der Waals surface area contributed by atoms with Gasteiger partial charge in [0.2, 0.25) is 0 Å². The lowest BCUT2D eigenvalue weighted by molar-refractivity contribution is -0.140. The van der Waals surface area contributed by atoms with Crippen LogP contribution in [0.15, 0.2) is 18.2 Å². The van der Waals surface area contributed by atoms with Crippen LogP contribution >= 0.6 is 0 Å². The fraction of sp³-hybridized carbons (Fsp3) is 0.300. The average molecular weight is 212 g/mol. The zero-order chi connectivity index (χ0) is 11.3. The van der Waals surface area contributed by atoms with E-state index in [1.165, 1.54) is 13.2 Å². The molecule has 0 aromatic heterocycles. The maximum absolute atomic E-state index is 13.0. The number of rotatable bonds is 4. The Kier molecular flexibility index (Phi) is 3.91. The van der Waals surface area contributed by atoms with Crippen LogP contribution < -0.4 is 11.1 Å². The Labute approximate surface area is 87.2 Å². The molecule has 0 fully saturated rings. The lowest BCUT2D eigenvalue weighted by atomic mass is 10.2. The Hall–Kier alpha value is -1.78. The number of halogens is 1. The van der Waals surface area contributed by atoms with Crippen LogP contribution in [0.25, 0.3) is 0 Å². The van der Waals surface area contributed by atoms with E-state index < -0.39 is 5.82 Å². The van der Waals surface area contributed by atoms with Crippen LogP contribution in [-0.4, -0.2) is 19.6 Å². The molecule has 3 N–H and O–H groups in total. The largest absolute Gasteiger partial charge is 0.469 e. The van der Waals surface area contributed by atoms with Gasteiger partial charge >= 0.3 is 5.97 Å². The minimum absolute atomic E-state index is 0.0577. The summed E-state index contributed by atoms with van der Waals surface area (Å²) in [5.41, 5.74) is 6.02. The number of para-hydroxylation sites is 1. The van der Waals surface area contributed by atoms with Gasteiger partial charge < -0.3 is 15.8 Å². The molecule has 0 saturated heterocycles. The highest BCUT2D eigenvalue weighted by Gasteiger charge is 2.04. The summed E-state index contributed by atoms with van der Waals surface area (Å²) < 4.78 is 17.4. The predicted octanol–water partition coefficient (Wildman–Crippen LogP) is 1.38. The van der Waals surface area contributed by atoms with Gasteiger partial charge in [-0.25, -0.2) is 4.39 Å². The topological polar surface area (TPSA) is 64.3 Å². The summed E-state index contributed by atoms with van der Waals surface area (Å²) >= 11 is 0. The highest BCUT2D eigenvalue weighted by molar-refractivity contribution is 5.71. The molecule has 0 radical (unpaired) electrons. The minimum atomic E-state index is -0.474. The molecule has 0 bridgehead atoms. The summed E-state index contributed by atoms with van der Waals surface area (Å²) in [4.78, 5) is 10.8. The SMILES string of the molecule is COC(=O)CCNc1cccc(F)c1N. The third kappa shape index (κ3) is 3.12. The Morgan fingerprint density at radius 3 is 3.00 bits per heavy atom. The quantitative estimate of drug-likeness (QED) is 0.584. The number of carbonyl (C=O) groups is 1. The summed E-state index contributed by atoms with van der Waals surface area (Å²) in [7, 11) is 1.32. The summed E-state index contributed by atoms with van der Waals surface area (Å²) in [6.45, 7) is 0.361. The fourth-order valence-corrected chi connectivity index (χ4v) is 1.09. The summed E-state index contributed by atoms with van der Waals surface area (Å²) in [5, 5.41) is 2.85. The Morgan fingerprint density at radius 1 is 1.60 bits per heavy atom. The van der Waals surface area contributed by atoms with E-state index in [1.54, 1.807) is 12.1 Å². The minimum Gasteiger partial charge on any atom is -0.469 e. The Morgan fingerprint density at radius 2 is 2.33 bits per heavy atom. The molecular formula is C10H13FN2O2. The van der Waals surface area contributed by atoms with Crippen molar-refractivity contribution in [1.82, 2.24) is 0 Å². The van der Waals surface area contributed by atoms with Gasteiger partial charge in [-0.1, -0.05) is 6.07 Å². The van der Waals surface area contributed by atoms with E-state index in [-0.39, 0.29) is 18.1 Å². The van der Waals surface area contributed by atoms with E-state index >= 15 is 0 Å². The second-order valence-corrected chi connectivity index (χ2v) is 2.95. The molecule has 0 aliphatic heterocycles. The number of carbonyl (C=O) groups excluding carboxylic acids is 1. The van der Waals surface area contributed by atoms with Gasteiger partial charge in [-0.05, 0) is 12.1 Å². The molecule has 1 rings (SSSR count). The first-order valence-electron chi connectivity index (χ1n) is 4.50. The van der Waals surface area contributed by atoms with E-state index in [4.69, 9.17) is 5.73 Å². The molecule has 0 amide bonds. The number of benzene rings is 1. The van der Waals surface area contributed by atoms with Gasteiger partial charge in [0.05, 0.1) is 24.9 Å². The second-order valence-electron chi connectivity index (χ2n) is 2.95. The average Bonchev–Trinajstić information content (AvgIpc) is 2.24. The number of hydrogen-bond donors (Lipinski definition) is 2. The molecule has 82 valence electrons. The molecule has 0 unspecified atom stereocenters. The number of methoxy groups -OCH3 is 1. The van der Waals surface area contributed by atoms with E-state index in [0.717, 1.165) is 0 Å². The van der Waals surface area contributed by atoms with Gasteiger partial charge in [-0.15, -0.1) is 0 Å². The van der Waals surface area contributed by atoms with E-state index in [0.29, 0.717) is 12.2 Å². The molecular weight excluding hydrogens is 199 g/mol. The molecule has 0 heterocycles. The number of nitrogens with one attached hydrogen (secondary N) is 1. The Balaban J connectivity index is 2.51. The lowest BCUT2D eigenvalue weighted by Gasteiger charge is -2.08. The van der Waals surface area contributed by atoms with Crippen LogP contribution in [0.2, 0.25) is 0 Å². The smallest absolute Gasteiger partial charge is 0.307 e. The van der Waals surface area contributed by atoms with E-state index in [2.05, 4.69) is 10.1 Å². The monoisotopic (exact) mass is 212 g/mol. The maximum atomic E-state index is 13.0. The molecule has 0 aliphatic carbocycles. The highest BCUT2D eigenvalue weighted by atomic mass is 19.1. The second kappa shape index (κ2) is 5.19. The van der Waals surface area contributed by atoms with Crippen LogP contribution in [0, 0.1) is 5.82 Å². The number of nitrogen functional groups attached to an aromatic ring is 1. The van der Waals surface area contributed by atoms with Crippen LogP contribution in [0.4, 0.5) is 15.8 Å². The first-order chi connectivity index (χ1) is 7.15. The van der Waals surface area contributed by atoms with Gasteiger partial charge in [-0.2, -0.15) is 0 Å². The van der Waals surface area contributed by atoms with Crippen LogP contribution in [-0.2, 0) is 9.53 Å². The third-order valence-corrected chi connectivity index (χ3v) is 1.93. The number of hydrogen-bond acceptors (Lipinski definition) is 4. The molecule has 1 aromatic carbocycles. The summed E-state index contributed by atoms with van der Waals surface area (Å²) in [6, 6.07) is 4.47. The van der Waals surface area contributed by atoms with Crippen molar-refractivity contribution in [2.45, 2.75) is 6.42 Å². The number of ether oxygens (including phenoxy) is 1. The van der Waals surface area contributed by atoms with Crippen molar-refractivity contribution in [3.8, 4) is 0 Å². The van der Waals surface area contributed by atoms with E-state index in [1.807, 2.05) is 0 Å². The number of esters is 1. The molecule has 5 heteroatoms. The van der Waals surface area contributed by atoms with Crippen molar-refractivity contribution >= 4 is 17.3 Å². The van der Waals surface area contributed by atoms with Crippen LogP contribution in [0.3, 0.4) is 0 Å². The third-order valence-electron chi connectivity index (χ3n) is 1.93. The number of nitrogens with two attached hydrogens (primary N) is 1. The Bertz CT molecular complexity index is 355. The van der Waals surface area contributed by atoms with Gasteiger partial charge in [0.1, 0.15) is 5.82 Å². The first-order valence-corrected chi connectivity index (χ1v) is 4.50.